The van der Waals surface area contributed by atoms with E-state index in [1.165, 1.54) is 4.90 Å². The zero-order chi connectivity index (χ0) is 27.7. The Balaban J connectivity index is 2.03. The van der Waals surface area contributed by atoms with Crippen LogP contribution in [-0.4, -0.2) is 37.6 Å². The van der Waals surface area contributed by atoms with E-state index < -0.39 is 17.7 Å². The first-order chi connectivity index (χ1) is 18.1. The summed E-state index contributed by atoms with van der Waals surface area (Å²) in [6.45, 7) is 9.82. The molecular weight excluding hydrogens is 482 g/mol. The number of benzene rings is 3. The first-order valence-electron chi connectivity index (χ1n) is 12.5. The van der Waals surface area contributed by atoms with Crippen LogP contribution in [0.4, 0.5) is 5.69 Å². The number of ether oxygens (including phenoxy) is 3. The SMILES string of the molecule is CCOc1cc(C2/C(=C(\O)c3cc(C)c(OC)cc3C)C(=O)C(=O)N2c2cccc(C)c2C)ccc1OC. The number of nitrogens with zero attached hydrogens (tertiary/aromatic N) is 1. The topological polar surface area (TPSA) is 85.3 Å². The molecule has 1 aliphatic heterocycles. The number of methoxy groups -OCH3 is 2. The highest BCUT2D eigenvalue weighted by Gasteiger charge is 2.47. The van der Waals surface area contributed by atoms with Crippen LogP contribution in [0.1, 0.15) is 46.3 Å². The Morgan fingerprint density at radius 2 is 1.58 bits per heavy atom. The molecule has 0 aromatic heterocycles. The van der Waals surface area contributed by atoms with E-state index in [1.807, 2.05) is 52.8 Å². The van der Waals surface area contributed by atoms with Crippen molar-refractivity contribution in [3.8, 4) is 17.2 Å². The summed E-state index contributed by atoms with van der Waals surface area (Å²) in [5.74, 6) is -0.0189. The first kappa shape index (κ1) is 26.8. The van der Waals surface area contributed by atoms with Crippen molar-refractivity contribution in [3.05, 3.63) is 87.5 Å². The maximum atomic E-state index is 13.6. The number of aliphatic hydroxyl groups excluding tert-OH is 1. The van der Waals surface area contributed by atoms with Gasteiger partial charge in [-0.15, -0.1) is 0 Å². The van der Waals surface area contributed by atoms with Crippen LogP contribution in [-0.2, 0) is 9.59 Å². The first-order valence-corrected chi connectivity index (χ1v) is 12.5. The minimum atomic E-state index is -0.887. The summed E-state index contributed by atoms with van der Waals surface area (Å²) >= 11 is 0. The molecule has 1 saturated heterocycles. The largest absolute Gasteiger partial charge is 0.507 e. The molecular formula is C31H33NO6. The molecule has 0 bridgehead atoms. The number of hydrogen-bond donors (Lipinski definition) is 1. The highest BCUT2D eigenvalue weighted by atomic mass is 16.5. The number of carbonyl (C=O) groups is 2. The number of anilines is 1. The van der Waals surface area contributed by atoms with Crippen molar-refractivity contribution < 1.29 is 28.9 Å². The highest BCUT2D eigenvalue weighted by molar-refractivity contribution is 6.51. The van der Waals surface area contributed by atoms with Crippen LogP contribution in [0.25, 0.3) is 5.76 Å². The second kappa shape index (κ2) is 10.6. The predicted molar refractivity (Wildman–Crippen MR) is 147 cm³/mol. The molecule has 7 nitrogen and oxygen atoms in total. The van der Waals surface area contributed by atoms with Gasteiger partial charge in [0.1, 0.15) is 11.5 Å². The quantitative estimate of drug-likeness (QED) is 0.237. The minimum Gasteiger partial charge on any atom is -0.507 e. The Hall–Kier alpha value is -4.26. The van der Waals surface area contributed by atoms with Crippen molar-refractivity contribution in [2.75, 3.05) is 25.7 Å². The van der Waals surface area contributed by atoms with Gasteiger partial charge < -0.3 is 19.3 Å². The van der Waals surface area contributed by atoms with Gasteiger partial charge in [0.15, 0.2) is 11.5 Å². The summed E-state index contributed by atoms with van der Waals surface area (Å²) in [4.78, 5) is 28.8. The molecule has 1 unspecified atom stereocenters. The van der Waals surface area contributed by atoms with E-state index in [-0.39, 0.29) is 11.3 Å². The molecule has 3 aromatic carbocycles. The fourth-order valence-electron chi connectivity index (χ4n) is 4.93. The molecule has 4 rings (SSSR count). The average Bonchev–Trinajstić information content (AvgIpc) is 3.16. The van der Waals surface area contributed by atoms with Crippen LogP contribution in [0.2, 0.25) is 0 Å². The Kier molecular flexibility index (Phi) is 7.49. The Morgan fingerprint density at radius 3 is 2.24 bits per heavy atom. The van der Waals surface area contributed by atoms with Crippen molar-refractivity contribution in [1.29, 1.82) is 0 Å². The second-order valence-electron chi connectivity index (χ2n) is 9.37. The molecule has 0 saturated carbocycles. The van der Waals surface area contributed by atoms with Gasteiger partial charge in [0.05, 0.1) is 32.4 Å². The van der Waals surface area contributed by atoms with Crippen LogP contribution < -0.4 is 19.1 Å². The third-order valence-corrected chi connectivity index (χ3v) is 7.08. The molecule has 1 atom stereocenters. The fraction of sp³-hybridized carbons (Fsp3) is 0.290. The number of rotatable bonds is 7. The smallest absolute Gasteiger partial charge is 0.300 e. The summed E-state index contributed by atoms with van der Waals surface area (Å²) in [6, 6.07) is 13.6. The standard InChI is InChI=1S/C31H33NO6/c1-8-38-26-16-21(12-13-24(26)36-6)28-27(29(33)22-14-19(4)25(37-7)15-18(22)3)30(34)31(35)32(28)23-11-9-10-17(2)20(23)5/h9-16,28,33H,8H2,1-7H3/b29-27+. The van der Waals surface area contributed by atoms with E-state index in [0.717, 1.165) is 16.7 Å². The van der Waals surface area contributed by atoms with Crippen LogP contribution in [0, 0.1) is 27.7 Å². The number of aryl methyl sites for hydroxylation is 3. The van der Waals surface area contributed by atoms with E-state index in [2.05, 4.69) is 0 Å². The summed E-state index contributed by atoms with van der Waals surface area (Å²) in [6.07, 6.45) is 0. The highest BCUT2D eigenvalue weighted by Crippen LogP contribution is 2.45. The molecule has 1 fully saturated rings. The van der Waals surface area contributed by atoms with E-state index in [1.54, 1.807) is 44.6 Å². The lowest BCUT2D eigenvalue weighted by Crippen LogP contribution is -2.30. The third-order valence-electron chi connectivity index (χ3n) is 7.08. The molecule has 3 aromatic rings. The predicted octanol–water partition coefficient (Wildman–Crippen LogP) is 5.96. The van der Waals surface area contributed by atoms with Gasteiger partial charge in [0.2, 0.25) is 0 Å². The molecule has 7 heteroatoms. The summed E-state index contributed by atoms with van der Waals surface area (Å²) < 4.78 is 16.7. The van der Waals surface area contributed by atoms with Gasteiger partial charge in [0.25, 0.3) is 11.7 Å². The summed E-state index contributed by atoms with van der Waals surface area (Å²) in [7, 11) is 3.13. The van der Waals surface area contributed by atoms with Crippen LogP contribution in [0.15, 0.2) is 54.1 Å². The van der Waals surface area contributed by atoms with Crippen LogP contribution in [0.3, 0.4) is 0 Å². The van der Waals surface area contributed by atoms with Gasteiger partial charge in [-0.3, -0.25) is 14.5 Å². The molecule has 0 spiro atoms. The molecule has 1 amide bonds. The maximum absolute atomic E-state index is 13.6. The molecule has 1 aliphatic rings. The molecule has 1 N–H and O–H groups in total. The maximum Gasteiger partial charge on any atom is 0.300 e. The molecule has 0 radical (unpaired) electrons. The zero-order valence-electron chi connectivity index (χ0n) is 22.8. The van der Waals surface area contributed by atoms with Gasteiger partial charge in [0, 0.05) is 11.3 Å². The van der Waals surface area contributed by atoms with Gasteiger partial charge in [-0.2, -0.15) is 0 Å². The lowest BCUT2D eigenvalue weighted by atomic mass is 9.92. The van der Waals surface area contributed by atoms with Gasteiger partial charge >= 0.3 is 0 Å². The number of ketones is 1. The number of amides is 1. The van der Waals surface area contributed by atoms with Crippen molar-refractivity contribution in [1.82, 2.24) is 0 Å². The van der Waals surface area contributed by atoms with Crippen molar-refractivity contribution in [2.45, 2.75) is 40.7 Å². The third kappa shape index (κ3) is 4.49. The number of aliphatic hydroxyl groups is 1. The molecule has 198 valence electrons. The fourth-order valence-corrected chi connectivity index (χ4v) is 4.93. The van der Waals surface area contributed by atoms with E-state index >= 15 is 0 Å². The van der Waals surface area contributed by atoms with Crippen molar-refractivity contribution >= 4 is 23.1 Å². The summed E-state index contributed by atoms with van der Waals surface area (Å²) in [5.41, 5.74) is 5.05. The van der Waals surface area contributed by atoms with Crippen molar-refractivity contribution in [3.63, 3.8) is 0 Å². The summed E-state index contributed by atoms with van der Waals surface area (Å²) in [5, 5.41) is 11.7. The normalized spacial score (nSPS) is 16.6. The number of carbonyl (C=O) groups excluding carboxylic acids is 2. The van der Waals surface area contributed by atoms with Gasteiger partial charge in [-0.25, -0.2) is 0 Å². The molecule has 0 aliphatic carbocycles. The zero-order valence-corrected chi connectivity index (χ0v) is 22.8. The van der Waals surface area contributed by atoms with E-state index in [0.29, 0.717) is 46.2 Å². The minimum absolute atomic E-state index is 0.0104. The van der Waals surface area contributed by atoms with Crippen molar-refractivity contribution in [2.24, 2.45) is 0 Å². The number of hydrogen-bond acceptors (Lipinski definition) is 6. The van der Waals surface area contributed by atoms with Crippen LogP contribution >= 0.6 is 0 Å². The monoisotopic (exact) mass is 515 g/mol. The van der Waals surface area contributed by atoms with E-state index in [4.69, 9.17) is 14.2 Å². The van der Waals surface area contributed by atoms with Crippen LogP contribution in [0.5, 0.6) is 17.2 Å². The Morgan fingerprint density at radius 1 is 0.868 bits per heavy atom. The molecule has 1 heterocycles. The lowest BCUT2D eigenvalue weighted by molar-refractivity contribution is -0.132. The lowest BCUT2D eigenvalue weighted by Gasteiger charge is -2.28. The number of Topliss-reactive ketones (excluding diaryl/α,β-unsaturated/α-hetero) is 1. The molecule has 38 heavy (non-hydrogen) atoms. The Labute approximate surface area is 223 Å². The average molecular weight is 516 g/mol. The Bertz CT molecular complexity index is 1450. The van der Waals surface area contributed by atoms with Gasteiger partial charge in [-0.05, 0) is 92.8 Å². The van der Waals surface area contributed by atoms with Gasteiger partial charge in [-0.1, -0.05) is 18.2 Å². The second-order valence-corrected chi connectivity index (χ2v) is 9.37. The van der Waals surface area contributed by atoms with E-state index in [9.17, 15) is 14.7 Å².